The van der Waals surface area contributed by atoms with E-state index >= 15 is 0 Å². The molecule has 22 heavy (non-hydrogen) atoms. The van der Waals surface area contributed by atoms with Crippen LogP contribution in [0.3, 0.4) is 0 Å². The molecule has 1 fully saturated rings. The lowest BCUT2D eigenvalue weighted by molar-refractivity contribution is -0.384. The van der Waals surface area contributed by atoms with Crippen molar-refractivity contribution < 1.29 is 19.2 Å². The second-order valence-electron chi connectivity index (χ2n) is 5.06. The summed E-state index contributed by atoms with van der Waals surface area (Å²) >= 11 is 5.86. The largest absolute Gasteiger partial charge is 0.455 e. The first-order valence-corrected chi connectivity index (χ1v) is 7.25. The van der Waals surface area contributed by atoms with Gasteiger partial charge in [0.2, 0.25) is 0 Å². The van der Waals surface area contributed by atoms with Crippen LogP contribution in [0.25, 0.3) is 0 Å². The number of non-ortho nitro benzene ring substituents is 1. The highest BCUT2D eigenvalue weighted by Crippen LogP contribution is 2.27. The number of hydrogen-bond donors (Lipinski definition) is 1. The van der Waals surface area contributed by atoms with E-state index in [2.05, 4.69) is 5.32 Å². The van der Waals surface area contributed by atoms with Crippen LogP contribution >= 0.6 is 11.6 Å². The van der Waals surface area contributed by atoms with E-state index in [-0.39, 0.29) is 28.3 Å². The van der Waals surface area contributed by atoms with Crippen molar-refractivity contribution in [3.63, 3.8) is 0 Å². The molecule has 0 aromatic heterocycles. The standard InChI is InChI=1S/C14H15ClN2O5/c15-11-7-10(17(20)21)5-6-12(11)16-13(18)8-22-14(19)9-3-1-2-4-9/h5-7,9H,1-4,8H2,(H,16,18). The number of nitrogens with one attached hydrogen (secondary N) is 1. The Kier molecular flexibility index (Phi) is 5.32. The number of hydrogen-bond acceptors (Lipinski definition) is 5. The van der Waals surface area contributed by atoms with E-state index in [9.17, 15) is 19.7 Å². The zero-order valence-electron chi connectivity index (χ0n) is 11.7. The number of esters is 1. The Morgan fingerprint density at radius 2 is 2.05 bits per heavy atom. The van der Waals surface area contributed by atoms with Gasteiger partial charge in [0.1, 0.15) is 0 Å². The number of carbonyl (C=O) groups excluding carboxylic acids is 2. The average molecular weight is 327 g/mol. The maximum Gasteiger partial charge on any atom is 0.309 e. The number of nitrogens with zero attached hydrogens (tertiary/aromatic N) is 1. The molecule has 118 valence electrons. The Morgan fingerprint density at radius 3 is 2.64 bits per heavy atom. The molecule has 8 heteroatoms. The molecule has 1 aromatic rings. The number of amides is 1. The number of nitro groups is 1. The molecule has 0 heterocycles. The molecule has 1 N–H and O–H groups in total. The van der Waals surface area contributed by atoms with Crippen LogP contribution in [0.2, 0.25) is 5.02 Å². The third-order valence-corrected chi connectivity index (χ3v) is 3.78. The van der Waals surface area contributed by atoms with Crippen molar-refractivity contribution in [2.75, 3.05) is 11.9 Å². The summed E-state index contributed by atoms with van der Waals surface area (Å²) in [5, 5.41) is 13.1. The first-order valence-electron chi connectivity index (χ1n) is 6.88. The van der Waals surface area contributed by atoms with E-state index in [0.717, 1.165) is 31.7 Å². The molecule has 0 spiro atoms. The Hall–Kier alpha value is -2.15. The lowest BCUT2D eigenvalue weighted by Crippen LogP contribution is -2.23. The molecule has 0 saturated heterocycles. The first-order chi connectivity index (χ1) is 10.5. The molecular weight excluding hydrogens is 312 g/mol. The minimum Gasteiger partial charge on any atom is -0.455 e. The van der Waals surface area contributed by atoms with Crippen LogP contribution in [0, 0.1) is 16.0 Å². The average Bonchev–Trinajstić information content (AvgIpc) is 3.01. The van der Waals surface area contributed by atoms with Crippen LogP contribution in [0.5, 0.6) is 0 Å². The maximum atomic E-state index is 11.7. The Bertz CT molecular complexity index is 599. The van der Waals surface area contributed by atoms with Gasteiger partial charge in [0.05, 0.1) is 21.6 Å². The quantitative estimate of drug-likeness (QED) is 0.509. The molecular formula is C14H15ClN2O5. The van der Waals surface area contributed by atoms with Gasteiger partial charge in [-0.25, -0.2) is 0 Å². The molecule has 7 nitrogen and oxygen atoms in total. The second kappa shape index (κ2) is 7.22. The van der Waals surface area contributed by atoms with Gasteiger partial charge in [-0.05, 0) is 18.9 Å². The minimum atomic E-state index is -0.582. The Balaban J connectivity index is 1.86. The molecule has 0 unspecified atom stereocenters. The summed E-state index contributed by atoms with van der Waals surface area (Å²) < 4.78 is 4.96. The topological polar surface area (TPSA) is 98.5 Å². The van der Waals surface area contributed by atoms with Gasteiger partial charge in [-0.3, -0.25) is 19.7 Å². The molecule has 1 aliphatic rings. The number of halogens is 1. The van der Waals surface area contributed by atoms with Gasteiger partial charge in [-0.15, -0.1) is 0 Å². The van der Waals surface area contributed by atoms with E-state index in [4.69, 9.17) is 16.3 Å². The number of carbonyl (C=O) groups is 2. The Labute approximate surface area is 131 Å². The molecule has 1 aromatic carbocycles. The molecule has 2 rings (SSSR count). The number of nitro benzene ring substituents is 1. The fraction of sp³-hybridized carbons (Fsp3) is 0.429. The highest BCUT2D eigenvalue weighted by molar-refractivity contribution is 6.34. The molecule has 0 atom stereocenters. The predicted octanol–water partition coefficient (Wildman–Crippen LogP) is 2.92. The van der Waals surface area contributed by atoms with Gasteiger partial charge in [0.15, 0.2) is 6.61 Å². The van der Waals surface area contributed by atoms with Gasteiger partial charge in [-0.2, -0.15) is 0 Å². The van der Waals surface area contributed by atoms with Crippen molar-refractivity contribution in [1.82, 2.24) is 0 Å². The highest BCUT2D eigenvalue weighted by Gasteiger charge is 2.24. The van der Waals surface area contributed by atoms with E-state index in [1.54, 1.807) is 0 Å². The SMILES string of the molecule is O=C(COC(=O)C1CCCC1)Nc1ccc([N+](=O)[O-])cc1Cl. The summed E-state index contributed by atoms with van der Waals surface area (Å²) in [6.45, 7) is -0.400. The van der Waals surface area contributed by atoms with Gasteiger partial charge in [0, 0.05) is 12.1 Å². The van der Waals surface area contributed by atoms with Gasteiger partial charge in [0.25, 0.3) is 11.6 Å². The van der Waals surface area contributed by atoms with Crippen LogP contribution in [0.1, 0.15) is 25.7 Å². The zero-order valence-corrected chi connectivity index (χ0v) is 12.5. The molecule has 0 bridgehead atoms. The minimum absolute atomic E-state index is 0.0460. The lowest BCUT2D eigenvalue weighted by atomic mass is 10.1. The van der Waals surface area contributed by atoms with Gasteiger partial charge in [-0.1, -0.05) is 24.4 Å². The van der Waals surface area contributed by atoms with Crippen molar-refractivity contribution >= 4 is 34.9 Å². The van der Waals surface area contributed by atoms with Crippen molar-refractivity contribution in [1.29, 1.82) is 0 Å². The summed E-state index contributed by atoms with van der Waals surface area (Å²) in [6.07, 6.45) is 3.61. The number of ether oxygens (including phenoxy) is 1. The van der Waals surface area contributed by atoms with E-state index in [1.165, 1.54) is 12.1 Å². The molecule has 0 aliphatic heterocycles. The van der Waals surface area contributed by atoms with Crippen LogP contribution in [-0.4, -0.2) is 23.4 Å². The highest BCUT2D eigenvalue weighted by atomic mass is 35.5. The first kappa shape index (κ1) is 16.2. The van der Waals surface area contributed by atoms with Gasteiger partial charge >= 0.3 is 5.97 Å². The molecule has 1 amide bonds. The van der Waals surface area contributed by atoms with Crippen LogP contribution in [-0.2, 0) is 14.3 Å². The normalized spacial score (nSPS) is 14.6. The third kappa shape index (κ3) is 4.17. The third-order valence-electron chi connectivity index (χ3n) is 3.47. The number of benzene rings is 1. The van der Waals surface area contributed by atoms with Crippen molar-refractivity contribution in [2.45, 2.75) is 25.7 Å². The predicted molar refractivity (Wildman–Crippen MR) is 79.7 cm³/mol. The maximum absolute atomic E-state index is 11.7. The van der Waals surface area contributed by atoms with Crippen LogP contribution in [0.4, 0.5) is 11.4 Å². The molecule has 1 saturated carbocycles. The summed E-state index contributed by atoms with van der Waals surface area (Å²) in [5.74, 6) is -1.01. The van der Waals surface area contributed by atoms with E-state index < -0.39 is 17.4 Å². The zero-order chi connectivity index (χ0) is 16.1. The summed E-state index contributed by atoms with van der Waals surface area (Å²) in [5.41, 5.74) is 0.0600. The number of rotatable bonds is 5. The fourth-order valence-electron chi connectivity index (χ4n) is 2.32. The van der Waals surface area contributed by atoms with E-state index in [0.29, 0.717) is 0 Å². The summed E-state index contributed by atoms with van der Waals surface area (Å²) in [4.78, 5) is 33.4. The fourth-order valence-corrected chi connectivity index (χ4v) is 2.54. The van der Waals surface area contributed by atoms with Crippen molar-refractivity contribution in [2.24, 2.45) is 5.92 Å². The van der Waals surface area contributed by atoms with Gasteiger partial charge < -0.3 is 10.1 Å². The molecule has 0 radical (unpaired) electrons. The lowest BCUT2D eigenvalue weighted by Gasteiger charge is -2.10. The summed E-state index contributed by atoms with van der Waals surface area (Å²) in [6, 6.07) is 3.70. The molecule has 1 aliphatic carbocycles. The Morgan fingerprint density at radius 1 is 1.36 bits per heavy atom. The number of anilines is 1. The monoisotopic (exact) mass is 326 g/mol. The summed E-state index contributed by atoms with van der Waals surface area (Å²) in [7, 11) is 0. The van der Waals surface area contributed by atoms with Crippen LogP contribution < -0.4 is 5.32 Å². The van der Waals surface area contributed by atoms with Crippen molar-refractivity contribution in [3.8, 4) is 0 Å². The van der Waals surface area contributed by atoms with E-state index in [1.807, 2.05) is 0 Å². The smallest absolute Gasteiger partial charge is 0.309 e. The van der Waals surface area contributed by atoms with Crippen LogP contribution in [0.15, 0.2) is 18.2 Å². The second-order valence-corrected chi connectivity index (χ2v) is 5.47. The van der Waals surface area contributed by atoms with Crippen molar-refractivity contribution in [3.05, 3.63) is 33.3 Å².